The Labute approximate surface area is 238 Å². The summed E-state index contributed by atoms with van der Waals surface area (Å²) in [6.07, 6.45) is 3.50. The van der Waals surface area contributed by atoms with Crippen LogP contribution in [0.15, 0.2) is 97.1 Å². The quantitative estimate of drug-likeness (QED) is 0.148. The fourth-order valence-electron chi connectivity index (χ4n) is 5.45. The Kier molecular flexibility index (Phi) is 7.47. The van der Waals surface area contributed by atoms with Crippen molar-refractivity contribution >= 4 is 21.5 Å². The largest absolute Gasteiger partial charge is 0.311 e. The number of hydrogen-bond acceptors (Lipinski definition) is 1. The molecule has 0 bridgehead atoms. The van der Waals surface area contributed by atoms with Gasteiger partial charge in [-0.3, -0.25) is 0 Å². The average Bonchev–Trinajstić information content (AvgIpc) is 2.98. The Hall–Kier alpha value is -4.40. The monoisotopic (exact) mass is 520 g/mol. The van der Waals surface area contributed by atoms with Crippen molar-refractivity contribution in [1.29, 1.82) is 5.26 Å². The van der Waals surface area contributed by atoms with Crippen LogP contribution in [0.5, 0.6) is 0 Å². The Bertz CT molecular complexity index is 1550. The molecule has 0 unspecified atom stereocenters. The molecule has 0 atom stereocenters. The van der Waals surface area contributed by atoms with Crippen molar-refractivity contribution in [2.24, 2.45) is 5.41 Å². The molecule has 0 amide bonds. The molecule has 0 saturated heterocycles. The number of benzene rings is 5. The van der Waals surface area contributed by atoms with Gasteiger partial charge in [-0.25, -0.2) is 6.57 Å². The number of nitrogens with zero attached hydrogens (tertiary/aromatic N) is 2. The summed E-state index contributed by atoms with van der Waals surface area (Å²) >= 11 is 0. The van der Waals surface area contributed by atoms with Gasteiger partial charge in [0.1, 0.15) is 0 Å². The van der Waals surface area contributed by atoms with Gasteiger partial charge in [0.2, 0.25) is 5.54 Å². The first-order chi connectivity index (χ1) is 19.2. The molecule has 0 radical (unpaired) electrons. The summed E-state index contributed by atoms with van der Waals surface area (Å²) in [4.78, 5) is 3.77. The van der Waals surface area contributed by atoms with Crippen molar-refractivity contribution in [3.8, 4) is 28.3 Å². The lowest BCUT2D eigenvalue weighted by Crippen LogP contribution is -2.14. The fraction of sp³-hybridized carbons (Fsp3) is 0.263. The second-order valence-electron chi connectivity index (χ2n) is 12.2. The van der Waals surface area contributed by atoms with Crippen LogP contribution in [0.1, 0.15) is 51.7 Å². The molecule has 0 heterocycles. The first-order valence-electron chi connectivity index (χ1n) is 14.1. The lowest BCUT2D eigenvalue weighted by molar-refractivity contribution is 0.452. The minimum Gasteiger partial charge on any atom is -0.311 e. The van der Waals surface area contributed by atoms with Gasteiger partial charge in [-0.2, -0.15) is 5.26 Å². The van der Waals surface area contributed by atoms with Crippen molar-refractivity contribution < 1.29 is 0 Å². The van der Waals surface area contributed by atoms with E-state index in [-0.39, 0.29) is 11.0 Å². The molecule has 5 aromatic carbocycles. The van der Waals surface area contributed by atoms with Crippen LogP contribution in [0.4, 0.5) is 0 Å². The lowest BCUT2D eigenvalue weighted by Gasteiger charge is -2.18. The number of fused-ring (bicyclic) bond motifs is 2. The predicted molar refractivity (Wildman–Crippen MR) is 169 cm³/mol. The van der Waals surface area contributed by atoms with Gasteiger partial charge in [-0.1, -0.05) is 97.1 Å². The van der Waals surface area contributed by atoms with Crippen molar-refractivity contribution in [3.05, 3.63) is 120 Å². The standard InChI is InChI=1S/C38H36N2/c1-37(2,26-39)24-22-27-14-18-29(19-15-27)35-31-10-6-8-12-33(31)36(34-13-9-7-11-32(34)35)30-20-16-28(17-21-30)23-25-38(3,4)40-5/h6-21H,22-25H2,1-4H3. The van der Waals surface area contributed by atoms with Crippen LogP contribution in [-0.2, 0) is 12.8 Å². The number of rotatable bonds is 8. The zero-order chi connectivity index (χ0) is 28.3. The van der Waals surface area contributed by atoms with E-state index >= 15 is 0 Å². The second kappa shape index (κ2) is 11.0. The maximum atomic E-state index is 9.39. The number of hydrogen-bond donors (Lipinski definition) is 0. The maximum Gasteiger partial charge on any atom is 0.227 e. The molecule has 0 aliphatic carbocycles. The molecule has 0 spiro atoms. The van der Waals surface area contributed by atoms with Crippen LogP contribution in [-0.4, -0.2) is 5.54 Å². The van der Waals surface area contributed by atoms with Gasteiger partial charge < -0.3 is 4.85 Å². The molecule has 5 rings (SSSR count). The van der Waals surface area contributed by atoms with Crippen LogP contribution in [0.2, 0.25) is 0 Å². The fourth-order valence-corrected chi connectivity index (χ4v) is 5.45. The van der Waals surface area contributed by atoms with Crippen molar-refractivity contribution in [3.63, 3.8) is 0 Å². The summed E-state index contributed by atoms with van der Waals surface area (Å²) < 4.78 is 0. The van der Waals surface area contributed by atoms with E-state index in [1.165, 1.54) is 54.9 Å². The van der Waals surface area contributed by atoms with Gasteiger partial charge in [0, 0.05) is 20.3 Å². The van der Waals surface area contributed by atoms with Crippen LogP contribution >= 0.6 is 0 Å². The van der Waals surface area contributed by atoms with E-state index in [0.717, 1.165) is 25.7 Å². The Morgan fingerprint density at radius 2 is 0.975 bits per heavy atom. The molecule has 2 heteroatoms. The lowest BCUT2D eigenvalue weighted by atomic mass is 9.85. The van der Waals surface area contributed by atoms with Crippen molar-refractivity contribution in [1.82, 2.24) is 0 Å². The zero-order valence-electron chi connectivity index (χ0n) is 24.0. The first kappa shape index (κ1) is 27.2. The van der Waals surface area contributed by atoms with Gasteiger partial charge in [0.15, 0.2) is 0 Å². The molecule has 2 nitrogen and oxygen atoms in total. The minimum atomic E-state index is -0.327. The Morgan fingerprint density at radius 1 is 0.600 bits per heavy atom. The van der Waals surface area contributed by atoms with Gasteiger partial charge in [-0.05, 0) is 88.0 Å². The van der Waals surface area contributed by atoms with E-state index < -0.39 is 0 Å². The number of nitriles is 1. The summed E-state index contributed by atoms with van der Waals surface area (Å²) in [6, 6.07) is 37.7. The highest BCUT2D eigenvalue weighted by atomic mass is 14.8. The molecule has 0 aliphatic heterocycles. The van der Waals surface area contributed by atoms with Crippen molar-refractivity contribution in [2.75, 3.05) is 0 Å². The topological polar surface area (TPSA) is 28.1 Å². The Morgan fingerprint density at radius 3 is 1.32 bits per heavy atom. The summed E-state index contributed by atoms with van der Waals surface area (Å²) in [5.41, 5.74) is 6.83. The third-order valence-electron chi connectivity index (χ3n) is 8.09. The van der Waals surface area contributed by atoms with Gasteiger partial charge in [0.05, 0.1) is 11.5 Å². The van der Waals surface area contributed by atoms with Gasteiger partial charge in [0.25, 0.3) is 0 Å². The van der Waals surface area contributed by atoms with E-state index in [1.54, 1.807) is 0 Å². The molecule has 0 aromatic heterocycles. The predicted octanol–water partition coefficient (Wildman–Crippen LogP) is 10.4. The van der Waals surface area contributed by atoms with E-state index in [2.05, 4.69) is 108 Å². The SMILES string of the molecule is [C-]#[N+]C(C)(C)CCc1ccc(-c2c3ccccc3c(-c3ccc(CCC(C)(C)C#N)cc3)c3ccccc23)cc1. The van der Waals surface area contributed by atoms with E-state index in [4.69, 9.17) is 6.57 Å². The molecule has 0 fully saturated rings. The van der Waals surface area contributed by atoms with Crippen LogP contribution < -0.4 is 0 Å². The maximum absolute atomic E-state index is 9.39. The van der Waals surface area contributed by atoms with Crippen molar-refractivity contribution in [2.45, 2.75) is 58.9 Å². The third kappa shape index (κ3) is 5.64. The first-order valence-corrected chi connectivity index (χ1v) is 14.1. The second-order valence-corrected chi connectivity index (χ2v) is 12.2. The highest BCUT2D eigenvalue weighted by molar-refractivity contribution is 6.21. The summed E-state index contributed by atoms with van der Waals surface area (Å²) in [7, 11) is 0. The summed E-state index contributed by atoms with van der Waals surface area (Å²) in [5, 5.41) is 14.4. The molecule has 0 aliphatic rings. The normalized spacial score (nSPS) is 11.8. The van der Waals surface area contributed by atoms with Crippen LogP contribution in [0.3, 0.4) is 0 Å². The molecular weight excluding hydrogens is 484 g/mol. The number of aryl methyl sites for hydroxylation is 2. The van der Waals surface area contributed by atoms with E-state index in [1.807, 2.05) is 27.7 Å². The smallest absolute Gasteiger partial charge is 0.227 e. The highest BCUT2D eigenvalue weighted by Crippen LogP contribution is 2.43. The third-order valence-corrected chi connectivity index (χ3v) is 8.09. The molecule has 5 aromatic rings. The Balaban J connectivity index is 1.58. The van der Waals surface area contributed by atoms with Gasteiger partial charge >= 0.3 is 0 Å². The summed E-state index contributed by atoms with van der Waals surface area (Å²) in [6.45, 7) is 15.5. The molecule has 40 heavy (non-hydrogen) atoms. The molecule has 0 saturated carbocycles. The van der Waals surface area contributed by atoms with Crippen LogP contribution in [0.25, 0.3) is 48.6 Å². The van der Waals surface area contributed by atoms with E-state index in [0.29, 0.717) is 0 Å². The molecule has 198 valence electrons. The molecular formula is C38H36N2. The van der Waals surface area contributed by atoms with Crippen LogP contribution in [0, 0.1) is 23.3 Å². The van der Waals surface area contributed by atoms with E-state index in [9.17, 15) is 5.26 Å². The minimum absolute atomic E-state index is 0.312. The average molecular weight is 521 g/mol. The molecule has 0 N–H and O–H groups in total. The summed E-state index contributed by atoms with van der Waals surface area (Å²) in [5.74, 6) is 0. The zero-order valence-corrected chi connectivity index (χ0v) is 24.0. The highest BCUT2D eigenvalue weighted by Gasteiger charge is 2.22. The van der Waals surface area contributed by atoms with Gasteiger partial charge in [-0.15, -0.1) is 0 Å².